The lowest BCUT2D eigenvalue weighted by Gasteiger charge is -2.17. The second kappa shape index (κ2) is 7.42. The van der Waals surface area contributed by atoms with Gasteiger partial charge in [-0.3, -0.25) is 0 Å². The number of alkyl halides is 4. The fourth-order valence-electron chi connectivity index (χ4n) is 3.04. The van der Waals surface area contributed by atoms with Crippen LogP contribution in [0.3, 0.4) is 0 Å². The van der Waals surface area contributed by atoms with Crippen LogP contribution in [0.1, 0.15) is 48.1 Å². The summed E-state index contributed by atoms with van der Waals surface area (Å²) in [5.41, 5.74) is 0.222. The number of nitrogens with zero attached hydrogens (tertiary/aromatic N) is 3. The SMILES string of the molecule is COc1nc2c(c(C(F)(F)F)n1)C(C)CCC(c1cc(CF)ccc1Cl)=N2. The summed E-state index contributed by atoms with van der Waals surface area (Å²) in [4.78, 5) is 11.9. The van der Waals surface area contributed by atoms with E-state index in [2.05, 4.69) is 15.0 Å². The summed E-state index contributed by atoms with van der Waals surface area (Å²) in [6.45, 7) is 0.987. The molecule has 0 spiro atoms. The van der Waals surface area contributed by atoms with Crippen molar-refractivity contribution in [3.05, 3.63) is 45.6 Å². The van der Waals surface area contributed by atoms with E-state index in [0.717, 1.165) is 0 Å². The zero-order chi connectivity index (χ0) is 19.8. The van der Waals surface area contributed by atoms with Gasteiger partial charge in [0.05, 0.1) is 12.8 Å². The molecule has 1 aromatic carbocycles. The van der Waals surface area contributed by atoms with Crippen molar-refractivity contribution in [3.8, 4) is 6.01 Å². The highest BCUT2D eigenvalue weighted by Gasteiger charge is 2.40. The van der Waals surface area contributed by atoms with E-state index in [9.17, 15) is 17.6 Å². The summed E-state index contributed by atoms with van der Waals surface area (Å²) in [5.74, 6) is -0.581. The summed E-state index contributed by atoms with van der Waals surface area (Å²) in [5, 5.41) is 0.346. The van der Waals surface area contributed by atoms with Gasteiger partial charge in [0.1, 0.15) is 6.67 Å². The molecule has 0 bridgehead atoms. The molecule has 1 aliphatic rings. The van der Waals surface area contributed by atoms with Gasteiger partial charge in [-0.05, 0) is 36.5 Å². The highest BCUT2D eigenvalue weighted by molar-refractivity contribution is 6.34. The monoisotopic (exact) mass is 401 g/mol. The second-order valence-corrected chi connectivity index (χ2v) is 6.65. The molecule has 1 atom stereocenters. The number of methoxy groups -OCH3 is 1. The molecule has 0 saturated heterocycles. The van der Waals surface area contributed by atoms with Gasteiger partial charge in [-0.1, -0.05) is 24.6 Å². The topological polar surface area (TPSA) is 47.4 Å². The van der Waals surface area contributed by atoms with Crippen molar-refractivity contribution >= 4 is 23.1 Å². The van der Waals surface area contributed by atoms with E-state index < -0.39 is 30.5 Å². The molecular formula is C18H16ClF4N3O. The summed E-state index contributed by atoms with van der Waals surface area (Å²) in [7, 11) is 1.19. The number of fused-ring (bicyclic) bond motifs is 1. The molecule has 27 heavy (non-hydrogen) atoms. The minimum atomic E-state index is -4.67. The van der Waals surface area contributed by atoms with Crippen LogP contribution in [0.4, 0.5) is 23.4 Å². The molecular weight excluding hydrogens is 386 g/mol. The molecule has 0 aliphatic carbocycles. The molecule has 2 aromatic rings. The van der Waals surface area contributed by atoms with Crippen LogP contribution in [-0.2, 0) is 12.9 Å². The van der Waals surface area contributed by atoms with Crippen LogP contribution in [0.25, 0.3) is 0 Å². The number of halogens is 5. The molecule has 144 valence electrons. The van der Waals surface area contributed by atoms with E-state index in [1.54, 1.807) is 25.1 Å². The van der Waals surface area contributed by atoms with Crippen molar-refractivity contribution in [2.24, 2.45) is 4.99 Å². The first-order chi connectivity index (χ1) is 12.7. The maximum Gasteiger partial charge on any atom is 0.433 e. The van der Waals surface area contributed by atoms with Crippen LogP contribution >= 0.6 is 11.6 Å². The first kappa shape index (κ1) is 19.5. The van der Waals surface area contributed by atoms with Gasteiger partial charge >= 0.3 is 12.2 Å². The van der Waals surface area contributed by atoms with Crippen molar-refractivity contribution in [1.29, 1.82) is 0 Å². The predicted molar refractivity (Wildman–Crippen MR) is 93.7 cm³/mol. The summed E-state index contributed by atoms with van der Waals surface area (Å²) in [6.07, 6.45) is -3.91. The number of aromatic nitrogens is 2. The summed E-state index contributed by atoms with van der Waals surface area (Å²) < 4.78 is 58.4. The Kier molecular flexibility index (Phi) is 5.37. The van der Waals surface area contributed by atoms with Crippen LogP contribution in [0, 0.1) is 0 Å². The number of hydrogen-bond acceptors (Lipinski definition) is 4. The third kappa shape index (κ3) is 3.90. The Morgan fingerprint density at radius 1 is 1.26 bits per heavy atom. The van der Waals surface area contributed by atoms with E-state index in [0.29, 0.717) is 34.7 Å². The van der Waals surface area contributed by atoms with Gasteiger partial charge in [-0.2, -0.15) is 23.1 Å². The normalized spacial score (nSPS) is 17.1. The molecule has 0 radical (unpaired) electrons. The first-order valence-corrected chi connectivity index (χ1v) is 8.57. The second-order valence-electron chi connectivity index (χ2n) is 6.24. The lowest BCUT2D eigenvalue weighted by Crippen LogP contribution is -2.15. The highest BCUT2D eigenvalue weighted by atomic mass is 35.5. The summed E-state index contributed by atoms with van der Waals surface area (Å²) in [6, 6.07) is 4.24. The molecule has 1 aliphatic heterocycles. The van der Waals surface area contributed by atoms with Crippen LogP contribution in [0.15, 0.2) is 23.2 Å². The highest BCUT2D eigenvalue weighted by Crippen LogP contribution is 2.42. The molecule has 9 heteroatoms. The molecule has 1 unspecified atom stereocenters. The van der Waals surface area contributed by atoms with Crippen LogP contribution < -0.4 is 4.74 Å². The average molecular weight is 402 g/mol. The van der Waals surface area contributed by atoms with Crippen molar-refractivity contribution in [3.63, 3.8) is 0 Å². The zero-order valence-corrected chi connectivity index (χ0v) is 15.3. The number of hydrogen-bond donors (Lipinski definition) is 0. The molecule has 0 amide bonds. The minimum Gasteiger partial charge on any atom is -0.467 e. The van der Waals surface area contributed by atoms with Crippen molar-refractivity contribution in [1.82, 2.24) is 9.97 Å². The zero-order valence-electron chi connectivity index (χ0n) is 14.6. The molecule has 3 rings (SSSR count). The largest absolute Gasteiger partial charge is 0.467 e. The number of benzene rings is 1. The van der Waals surface area contributed by atoms with Gasteiger partial charge in [0.25, 0.3) is 0 Å². The summed E-state index contributed by atoms with van der Waals surface area (Å²) >= 11 is 6.22. The standard InChI is InChI=1S/C18H16ClF4N3O/c1-9-3-6-13(11-7-10(8-20)4-5-12(11)19)24-16-14(9)15(18(21,22)23)25-17(26-16)27-2/h4-5,7,9H,3,6,8H2,1-2H3. The fourth-order valence-corrected chi connectivity index (χ4v) is 3.26. The molecule has 0 saturated carbocycles. The van der Waals surface area contributed by atoms with Crippen LogP contribution in [0.5, 0.6) is 6.01 Å². The van der Waals surface area contributed by atoms with Gasteiger partial charge in [0, 0.05) is 16.1 Å². The predicted octanol–water partition coefficient (Wildman–Crippen LogP) is 5.65. The smallest absolute Gasteiger partial charge is 0.433 e. The van der Waals surface area contributed by atoms with Gasteiger partial charge < -0.3 is 4.74 Å². The Hall–Kier alpha value is -2.22. The quantitative estimate of drug-likeness (QED) is 0.625. The van der Waals surface area contributed by atoms with Crippen molar-refractivity contribution in [2.45, 2.75) is 38.5 Å². The number of aliphatic imine (C=N–C) groups is 1. The maximum atomic E-state index is 13.5. The molecule has 0 fully saturated rings. The van der Waals surface area contributed by atoms with Gasteiger partial charge in [0.15, 0.2) is 11.5 Å². The van der Waals surface area contributed by atoms with E-state index in [1.165, 1.54) is 7.11 Å². The Bertz CT molecular complexity index is 899. The first-order valence-electron chi connectivity index (χ1n) is 8.20. The number of rotatable bonds is 3. The van der Waals surface area contributed by atoms with E-state index >= 15 is 0 Å². The lowest BCUT2D eigenvalue weighted by molar-refractivity contribution is -0.142. The van der Waals surface area contributed by atoms with Crippen LogP contribution in [0.2, 0.25) is 5.02 Å². The minimum absolute atomic E-state index is 0.0731. The molecule has 2 heterocycles. The van der Waals surface area contributed by atoms with E-state index in [1.807, 2.05) is 0 Å². The Balaban J connectivity index is 2.23. The van der Waals surface area contributed by atoms with E-state index in [-0.39, 0.29) is 11.4 Å². The van der Waals surface area contributed by atoms with Gasteiger partial charge in [-0.15, -0.1) is 0 Å². The van der Waals surface area contributed by atoms with Gasteiger partial charge in [-0.25, -0.2) is 9.38 Å². The van der Waals surface area contributed by atoms with Gasteiger partial charge in [0.2, 0.25) is 0 Å². The van der Waals surface area contributed by atoms with Crippen molar-refractivity contribution < 1.29 is 22.3 Å². The third-order valence-corrected chi connectivity index (χ3v) is 4.73. The molecule has 0 N–H and O–H groups in total. The Morgan fingerprint density at radius 3 is 2.63 bits per heavy atom. The van der Waals surface area contributed by atoms with Crippen LogP contribution in [-0.4, -0.2) is 22.8 Å². The molecule has 1 aromatic heterocycles. The maximum absolute atomic E-state index is 13.5. The molecule has 4 nitrogen and oxygen atoms in total. The Morgan fingerprint density at radius 2 is 2.00 bits per heavy atom. The van der Waals surface area contributed by atoms with E-state index in [4.69, 9.17) is 16.3 Å². The lowest BCUT2D eigenvalue weighted by atomic mass is 9.93. The number of ether oxygens (including phenoxy) is 1. The fraction of sp³-hybridized carbons (Fsp3) is 0.389. The Labute approximate surface area is 158 Å². The average Bonchev–Trinajstić information content (AvgIpc) is 2.79. The van der Waals surface area contributed by atoms with Crippen molar-refractivity contribution in [2.75, 3.05) is 7.11 Å². The third-order valence-electron chi connectivity index (χ3n) is 4.40.